The van der Waals surface area contributed by atoms with E-state index in [9.17, 15) is 17.1 Å². The molecule has 2 heterocycles. The Balaban J connectivity index is 1.78. The highest BCUT2D eigenvalue weighted by molar-refractivity contribution is 7.86. The molecule has 1 N–H and O–H groups in total. The van der Waals surface area contributed by atoms with Gasteiger partial charge in [0, 0.05) is 24.4 Å². The monoisotopic (exact) mass is 338 g/mol. The Labute approximate surface area is 132 Å². The smallest absolute Gasteiger partial charge is 0.279 e. The molecule has 0 spiro atoms. The molecule has 7 nitrogen and oxygen atoms in total. The highest BCUT2D eigenvalue weighted by atomic mass is 32.3. The average molecular weight is 338 g/mol. The number of nitrogens with zero attached hydrogens (tertiary/aromatic N) is 3. The van der Waals surface area contributed by atoms with Gasteiger partial charge < -0.3 is 0 Å². The van der Waals surface area contributed by atoms with Crippen molar-refractivity contribution in [3.63, 3.8) is 0 Å². The number of amides is 1. The Hall–Kier alpha value is -2.29. The maximum absolute atomic E-state index is 12.8. The van der Waals surface area contributed by atoms with Crippen molar-refractivity contribution in [3.8, 4) is 11.4 Å². The van der Waals surface area contributed by atoms with E-state index in [1.165, 1.54) is 4.90 Å². The topological polar surface area (TPSA) is 96.0 Å². The molecule has 2 aromatic rings. The molecule has 1 atom stereocenters. The molecule has 1 fully saturated rings. The van der Waals surface area contributed by atoms with Gasteiger partial charge in [0.2, 0.25) is 5.91 Å². The Morgan fingerprint density at radius 3 is 2.70 bits per heavy atom. The number of aromatic nitrogens is 3. The first-order valence-electron chi connectivity index (χ1n) is 7.04. The summed E-state index contributed by atoms with van der Waals surface area (Å²) in [6.45, 7) is 2.06. The zero-order valence-electron chi connectivity index (χ0n) is 12.4. The largest absolute Gasteiger partial charge is 0.302 e. The molecule has 1 aliphatic heterocycles. The van der Waals surface area contributed by atoms with Gasteiger partial charge in [-0.05, 0) is 6.92 Å². The number of carbonyl (C=O) groups is 1. The van der Waals surface area contributed by atoms with Gasteiger partial charge in [-0.2, -0.15) is 13.4 Å². The summed E-state index contributed by atoms with van der Waals surface area (Å²) in [5.74, 6) is -0.879. The molecule has 1 aromatic heterocycles. The van der Waals surface area contributed by atoms with E-state index in [2.05, 4.69) is 15.2 Å². The van der Waals surface area contributed by atoms with Crippen LogP contribution in [-0.4, -0.2) is 41.8 Å². The van der Waals surface area contributed by atoms with Crippen molar-refractivity contribution in [1.29, 1.82) is 0 Å². The number of hydrogen-bond acceptors (Lipinski definition) is 5. The lowest BCUT2D eigenvalue weighted by Crippen LogP contribution is -2.26. The second kappa shape index (κ2) is 5.73. The molecule has 1 aromatic carbocycles. The predicted octanol–water partition coefficient (Wildman–Crippen LogP) is 1.43. The summed E-state index contributed by atoms with van der Waals surface area (Å²) in [6.07, 6.45) is -0.0302. The fourth-order valence-electron chi connectivity index (χ4n) is 2.58. The molecule has 1 aliphatic rings. The van der Waals surface area contributed by atoms with E-state index in [-0.39, 0.29) is 24.8 Å². The van der Waals surface area contributed by atoms with E-state index in [4.69, 9.17) is 0 Å². The van der Waals surface area contributed by atoms with E-state index in [0.717, 1.165) is 11.1 Å². The first-order valence-corrected chi connectivity index (χ1v) is 8.59. The predicted molar refractivity (Wildman–Crippen MR) is 81.9 cm³/mol. The minimum Gasteiger partial charge on any atom is -0.279 e. The quantitative estimate of drug-likeness (QED) is 0.851. The van der Waals surface area contributed by atoms with Crippen molar-refractivity contribution in [2.45, 2.75) is 13.3 Å². The van der Waals surface area contributed by atoms with Crippen LogP contribution in [0.25, 0.3) is 11.4 Å². The summed E-state index contributed by atoms with van der Waals surface area (Å²) in [6, 6.07) is 7.62. The Kier molecular flexibility index (Phi) is 3.88. The van der Waals surface area contributed by atoms with Gasteiger partial charge in [-0.25, -0.2) is 0 Å². The number of rotatable bonds is 4. The van der Waals surface area contributed by atoms with Crippen LogP contribution in [0.5, 0.6) is 0 Å². The molecular formula is C14H15FN4O3S. The third-order valence-corrected chi connectivity index (χ3v) is 4.55. The molecule has 0 aliphatic carbocycles. The Bertz CT molecular complexity index is 832. The van der Waals surface area contributed by atoms with Crippen molar-refractivity contribution < 1.29 is 17.1 Å². The molecule has 0 radical (unpaired) electrons. The molecule has 9 heteroatoms. The number of aryl methyl sites for hydroxylation is 1. The molecule has 1 saturated heterocycles. The summed E-state index contributed by atoms with van der Waals surface area (Å²) in [7, 11) is -4.61. The van der Waals surface area contributed by atoms with Crippen LogP contribution in [0.1, 0.15) is 12.0 Å². The van der Waals surface area contributed by atoms with E-state index >= 15 is 0 Å². The number of benzene rings is 1. The van der Waals surface area contributed by atoms with Gasteiger partial charge in [0.25, 0.3) is 5.95 Å². The number of H-pyrrole nitrogens is 1. The van der Waals surface area contributed by atoms with Crippen LogP contribution in [-0.2, 0) is 15.0 Å². The van der Waals surface area contributed by atoms with E-state index < -0.39 is 21.9 Å². The van der Waals surface area contributed by atoms with Crippen LogP contribution in [0.4, 0.5) is 9.83 Å². The summed E-state index contributed by atoms with van der Waals surface area (Å²) >= 11 is 0. The van der Waals surface area contributed by atoms with Gasteiger partial charge in [0.1, 0.15) is 0 Å². The molecule has 0 saturated carbocycles. The minimum atomic E-state index is -4.61. The van der Waals surface area contributed by atoms with Gasteiger partial charge >= 0.3 is 10.2 Å². The lowest BCUT2D eigenvalue weighted by molar-refractivity contribution is -0.117. The van der Waals surface area contributed by atoms with Gasteiger partial charge in [-0.15, -0.1) is 8.98 Å². The third kappa shape index (κ3) is 3.55. The normalized spacial score (nSPS) is 18.6. The molecule has 3 rings (SSSR count). The molecule has 1 amide bonds. The number of aromatic amines is 1. The van der Waals surface area contributed by atoms with E-state index in [1.54, 1.807) is 0 Å². The lowest BCUT2D eigenvalue weighted by Gasteiger charge is -2.10. The second-order valence-electron chi connectivity index (χ2n) is 5.63. The highest BCUT2D eigenvalue weighted by Crippen LogP contribution is 2.25. The number of hydrogen-bond donors (Lipinski definition) is 1. The Morgan fingerprint density at radius 1 is 1.35 bits per heavy atom. The molecule has 1 unspecified atom stereocenters. The average Bonchev–Trinajstić information content (AvgIpc) is 3.04. The van der Waals surface area contributed by atoms with Crippen molar-refractivity contribution >= 4 is 22.1 Å². The molecule has 23 heavy (non-hydrogen) atoms. The van der Waals surface area contributed by atoms with Crippen molar-refractivity contribution in [2.75, 3.05) is 17.2 Å². The second-order valence-corrected chi connectivity index (χ2v) is 7.04. The van der Waals surface area contributed by atoms with Gasteiger partial charge in [0.05, 0.1) is 5.75 Å². The van der Waals surface area contributed by atoms with E-state index in [0.29, 0.717) is 5.82 Å². The van der Waals surface area contributed by atoms with Crippen LogP contribution < -0.4 is 4.90 Å². The number of nitrogens with one attached hydrogen (secondary N) is 1. The van der Waals surface area contributed by atoms with Crippen LogP contribution in [0, 0.1) is 12.8 Å². The number of anilines is 1. The van der Waals surface area contributed by atoms with Gasteiger partial charge in [-0.3, -0.25) is 14.8 Å². The Morgan fingerprint density at radius 2 is 2.04 bits per heavy atom. The number of halogens is 1. The van der Waals surface area contributed by atoms with Crippen molar-refractivity contribution in [3.05, 3.63) is 29.8 Å². The third-order valence-electron chi connectivity index (χ3n) is 3.68. The molecule has 0 bridgehead atoms. The first-order chi connectivity index (χ1) is 10.8. The minimum absolute atomic E-state index is 0.0302. The fraction of sp³-hybridized carbons (Fsp3) is 0.357. The maximum atomic E-state index is 12.8. The summed E-state index contributed by atoms with van der Waals surface area (Å²) in [4.78, 5) is 17.5. The van der Waals surface area contributed by atoms with E-state index in [1.807, 2.05) is 31.2 Å². The van der Waals surface area contributed by atoms with Gasteiger partial charge in [-0.1, -0.05) is 29.8 Å². The highest BCUT2D eigenvalue weighted by Gasteiger charge is 2.35. The van der Waals surface area contributed by atoms with Crippen LogP contribution >= 0.6 is 0 Å². The van der Waals surface area contributed by atoms with Crippen LogP contribution in [0.15, 0.2) is 24.3 Å². The molecule has 122 valence electrons. The van der Waals surface area contributed by atoms with Crippen molar-refractivity contribution in [2.24, 2.45) is 5.92 Å². The maximum Gasteiger partial charge on any atom is 0.302 e. The first kappa shape index (κ1) is 15.6. The summed E-state index contributed by atoms with van der Waals surface area (Å²) < 4.78 is 34.2. The van der Waals surface area contributed by atoms with Crippen LogP contribution in [0.2, 0.25) is 0 Å². The molecular weight excluding hydrogens is 323 g/mol. The van der Waals surface area contributed by atoms with Crippen molar-refractivity contribution in [1.82, 2.24) is 15.2 Å². The number of carbonyl (C=O) groups excluding carboxylic acids is 1. The zero-order chi connectivity index (χ0) is 16.6. The lowest BCUT2D eigenvalue weighted by atomic mass is 10.1. The fourth-order valence-corrected chi connectivity index (χ4v) is 3.37. The summed E-state index contributed by atoms with van der Waals surface area (Å²) in [5, 5.41) is 6.76. The SMILES string of the molecule is Cc1ccc(-c2nc(N3CC(CS(=O)(=O)F)CC3=O)n[nH]2)cc1. The zero-order valence-corrected chi connectivity index (χ0v) is 13.2. The van der Waals surface area contributed by atoms with Gasteiger partial charge in [0.15, 0.2) is 5.82 Å². The summed E-state index contributed by atoms with van der Waals surface area (Å²) in [5.41, 5.74) is 1.93. The standard InChI is InChI=1S/C14H15FN4O3S/c1-9-2-4-11(5-3-9)13-16-14(18-17-13)19-7-10(6-12(19)20)8-23(15,21)22/h2-5,10H,6-8H2,1H3,(H,16,17,18). The van der Waals surface area contributed by atoms with Crippen LogP contribution in [0.3, 0.4) is 0 Å².